The van der Waals surface area contributed by atoms with Crippen molar-refractivity contribution in [2.75, 3.05) is 13.1 Å². The summed E-state index contributed by atoms with van der Waals surface area (Å²) in [6.07, 6.45) is 18.3. The Kier molecular flexibility index (Phi) is 9.72. The lowest BCUT2D eigenvalue weighted by atomic mass is 10.0. The molecule has 102 valence electrons. The molecule has 0 saturated carbocycles. The molecule has 0 spiro atoms. The predicted octanol–water partition coefficient (Wildman–Crippen LogP) is 4.25. The van der Waals surface area contributed by atoms with E-state index in [9.17, 15) is 0 Å². The Bertz CT molecular complexity index is 143. The average Bonchev–Trinajstić information content (AvgIpc) is 2.32. The predicted molar refractivity (Wildman–Crippen MR) is 75.8 cm³/mol. The summed E-state index contributed by atoms with van der Waals surface area (Å²) >= 11 is 0. The Hall–Kier alpha value is -0.0800. The largest absolute Gasteiger partial charge is 0.269 e. The number of nitrogens with zero attached hydrogens (tertiary/aromatic N) is 1. The van der Waals surface area contributed by atoms with Crippen LogP contribution in [0.2, 0.25) is 0 Å². The highest BCUT2D eigenvalue weighted by Gasteiger charge is 2.00. The number of rotatable bonds is 0. The highest BCUT2D eigenvalue weighted by Crippen LogP contribution is 2.13. The number of nitrogens with two attached hydrogens (primary N) is 1. The lowest BCUT2D eigenvalue weighted by molar-refractivity contribution is 0.268. The molecule has 1 fully saturated rings. The second-order valence-electron chi connectivity index (χ2n) is 5.63. The second-order valence-corrected chi connectivity index (χ2v) is 5.63. The maximum Gasteiger partial charge on any atom is 0.0128 e. The lowest BCUT2D eigenvalue weighted by Crippen LogP contribution is -2.32. The molecule has 0 bridgehead atoms. The molecule has 2 N–H and O–H groups in total. The molecule has 1 aliphatic heterocycles. The van der Waals surface area contributed by atoms with Crippen LogP contribution < -0.4 is 5.84 Å². The van der Waals surface area contributed by atoms with Gasteiger partial charge in [0.25, 0.3) is 0 Å². The van der Waals surface area contributed by atoms with Gasteiger partial charge in [-0.25, -0.2) is 5.01 Å². The maximum atomic E-state index is 5.97. The Balaban J connectivity index is 2.09. The first-order chi connectivity index (χ1) is 8.39. The van der Waals surface area contributed by atoms with Gasteiger partial charge in [-0.1, -0.05) is 70.6 Å². The molecule has 0 aromatic heterocycles. The van der Waals surface area contributed by atoms with Crippen LogP contribution in [0.3, 0.4) is 0 Å². The maximum absolute atomic E-state index is 5.97. The molecule has 2 heteroatoms. The minimum atomic E-state index is 1.10. The lowest BCUT2D eigenvalue weighted by Gasteiger charge is -2.16. The summed E-state index contributed by atoms with van der Waals surface area (Å²) < 4.78 is 0. The van der Waals surface area contributed by atoms with Crippen LogP contribution in [-0.2, 0) is 0 Å². The van der Waals surface area contributed by atoms with Gasteiger partial charge in [0.05, 0.1) is 0 Å². The van der Waals surface area contributed by atoms with E-state index in [-0.39, 0.29) is 0 Å². The Morgan fingerprint density at radius 2 is 0.647 bits per heavy atom. The highest BCUT2D eigenvalue weighted by molar-refractivity contribution is 4.54. The zero-order chi connectivity index (χ0) is 12.2. The van der Waals surface area contributed by atoms with E-state index in [4.69, 9.17) is 5.84 Å². The zero-order valence-electron chi connectivity index (χ0n) is 11.6. The van der Waals surface area contributed by atoms with Gasteiger partial charge in [0.15, 0.2) is 0 Å². The van der Waals surface area contributed by atoms with E-state index in [2.05, 4.69) is 0 Å². The van der Waals surface area contributed by atoms with Gasteiger partial charge in [-0.15, -0.1) is 0 Å². The van der Waals surface area contributed by atoms with Crippen molar-refractivity contribution in [3.8, 4) is 0 Å². The van der Waals surface area contributed by atoms with Gasteiger partial charge in [0, 0.05) is 13.1 Å². The van der Waals surface area contributed by atoms with Gasteiger partial charge in [-0.2, -0.15) is 0 Å². The fraction of sp³-hybridized carbons (Fsp3) is 1.00. The Morgan fingerprint density at radius 3 is 0.941 bits per heavy atom. The summed E-state index contributed by atoms with van der Waals surface area (Å²) in [5, 5.41) is 2.03. The smallest absolute Gasteiger partial charge is 0.0128 e. The van der Waals surface area contributed by atoms with Crippen molar-refractivity contribution in [3.05, 3.63) is 0 Å². The van der Waals surface area contributed by atoms with Gasteiger partial charge in [0.1, 0.15) is 0 Å². The van der Waals surface area contributed by atoms with Crippen molar-refractivity contribution < 1.29 is 0 Å². The van der Waals surface area contributed by atoms with Gasteiger partial charge in [-0.3, -0.25) is 5.84 Å². The van der Waals surface area contributed by atoms with Crippen LogP contribution in [0.15, 0.2) is 0 Å². The molecule has 0 atom stereocenters. The van der Waals surface area contributed by atoms with E-state index >= 15 is 0 Å². The molecule has 0 unspecified atom stereocenters. The summed E-state index contributed by atoms with van der Waals surface area (Å²) in [5.41, 5.74) is 0. The summed E-state index contributed by atoms with van der Waals surface area (Å²) in [6, 6.07) is 0. The molecule has 0 aromatic carbocycles. The van der Waals surface area contributed by atoms with Crippen molar-refractivity contribution in [3.63, 3.8) is 0 Å². The van der Waals surface area contributed by atoms with Crippen LogP contribution in [0, 0.1) is 0 Å². The first kappa shape index (κ1) is 15.0. The topological polar surface area (TPSA) is 29.3 Å². The van der Waals surface area contributed by atoms with E-state index in [0.29, 0.717) is 0 Å². The second kappa shape index (κ2) is 11.0. The van der Waals surface area contributed by atoms with E-state index in [1.165, 1.54) is 83.5 Å². The van der Waals surface area contributed by atoms with E-state index in [1.54, 1.807) is 0 Å². The highest BCUT2D eigenvalue weighted by atomic mass is 15.4. The first-order valence-electron chi connectivity index (χ1n) is 7.89. The fourth-order valence-electron chi connectivity index (χ4n) is 2.69. The molecule has 1 heterocycles. The molecule has 0 radical (unpaired) electrons. The minimum absolute atomic E-state index is 1.10. The third-order valence-corrected chi connectivity index (χ3v) is 3.89. The van der Waals surface area contributed by atoms with Crippen molar-refractivity contribution in [2.24, 2.45) is 5.84 Å². The van der Waals surface area contributed by atoms with Gasteiger partial charge >= 0.3 is 0 Å². The number of hydrazine groups is 1. The molecule has 1 aliphatic rings. The number of hydrogen-bond acceptors (Lipinski definition) is 2. The molecule has 0 aromatic rings. The van der Waals surface area contributed by atoms with Crippen molar-refractivity contribution in [2.45, 2.75) is 83.5 Å². The molecule has 17 heavy (non-hydrogen) atoms. The van der Waals surface area contributed by atoms with Crippen molar-refractivity contribution >= 4 is 0 Å². The third kappa shape index (κ3) is 9.61. The van der Waals surface area contributed by atoms with Crippen LogP contribution in [-0.4, -0.2) is 18.1 Å². The van der Waals surface area contributed by atoms with Gasteiger partial charge in [0.2, 0.25) is 0 Å². The molecule has 0 aliphatic carbocycles. The molecule has 0 amide bonds. The van der Waals surface area contributed by atoms with E-state index in [0.717, 1.165) is 13.1 Å². The van der Waals surface area contributed by atoms with Gasteiger partial charge in [-0.05, 0) is 12.8 Å². The monoisotopic (exact) mass is 240 g/mol. The summed E-state index contributed by atoms with van der Waals surface area (Å²) in [7, 11) is 0. The summed E-state index contributed by atoms with van der Waals surface area (Å²) in [6.45, 7) is 2.19. The van der Waals surface area contributed by atoms with Crippen LogP contribution in [0.25, 0.3) is 0 Å². The van der Waals surface area contributed by atoms with Gasteiger partial charge < -0.3 is 0 Å². The Labute approximate surface area is 108 Å². The average molecular weight is 240 g/mol. The standard InChI is InChI=1S/C15H32N2/c16-17-14-12-10-8-6-4-2-1-3-5-7-9-11-13-15-17/h1-16H2. The molecular formula is C15H32N2. The van der Waals surface area contributed by atoms with Crippen molar-refractivity contribution in [1.29, 1.82) is 0 Å². The van der Waals surface area contributed by atoms with Crippen LogP contribution >= 0.6 is 0 Å². The third-order valence-electron chi connectivity index (χ3n) is 3.89. The summed E-state index contributed by atoms with van der Waals surface area (Å²) in [4.78, 5) is 0. The number of hydrogen-bond donors (Lipinski definition) is 1. The van der Waals surface area contributed by atoms with Crippen molar-refractivity contribution in [1.82, 2.24) is 5.01 Å². The zero-order valence-corrected chi connectivity index (χ0v) is 11.6. The minimum Gasteiger partial charge on any atom is -0.269 e. The van der Waals surface area contributed by atoms with Crippen LogP contribution in [0.4, 0.5) is 0 Å². The summed E-state index contributed by atoms with van der Waals surface area (Å²) in [5.74, 6) is 5.97. The molecular weight excluding hydrogens is 208 g/mol. The molecule has 1 saturated heterocycles. The normalized spacial score (nSPS) is 24.5. The van der Waals surface area contributed by atoms with E-state index < -0.39 is 0 Å². The fourth-order valence-corrected chi connectivity index (χ4v) is 2.69. The Morgan fingerprint density at radius 1 is 0.412 bits per heavy atom. The van der Waals surface area contributed by atoms with E-state index in [1.807, 2.05) is 5.01 Å². The SMILES string of the molecule is NN1CCCCCCCCCCCCCCC1. The van der Waals surface area contributed by atoms with Crippen LogP contribution in [0.1, 0.15) is 83.5 Å². The quantitative estimate of drug-likeness (QED) is 0.641. The van der Waals surface area contributed by atoms with Crippen LogP contribution in [0.5, 0.6) is 0 Å². The first-order valence-corrected chi connectivity index (χ1v) is 7.89. The molecule has 2 nitrogen and oxygen atoms in total. The molecule has 1 rings (SSSR count).